The molecule has 0 spiro atoms. The molecular weight excluding hydrogens is 344 g/mol. The standard InChI is InChI=1S/C21H30N2O2S/c1-3-15(2)26-23-18-10-8-16(9-11-18)21(24)22-13-12-17-14-25-20-7-5-4-6-19(17)20/h4-7,14-16,18,23H,3,8-13H2,1-2H3,(H,22,24). The van der Waals surface area contributed by atoms with E-state index in [4.69, 9.17) is 4.42 Å². The lowest BCUT2D eigenvalue weighted by atomic mass is 9.86. The molecule has 0 bridgehead atoms. The van der Waals surface area contributed by atoms with Crippen LogP contribution >= 0.6 is 11.9 Å². The van der Waals surface area contributed by atoms with E-state index in [-0.39, 0.29) is 11.8 Å². The summed E-state index contributed by atoms with van der Waals surface area (Å²) in [5, 5.41) is 4.92. The van der Waals surface area contributed by atoms with Crippen molar-refractivity contribution in [1.29, 1.82) is 0 Å². The fourth-order valence-corrected chi connectivity index (χ4v) is 4.29. The molecule has 1 heterocycles. The molecule has 3 rings (SSSR count). The van der Waals surface area contributed by atoms with Gasteiger partial charge in [0.1, 0.15) is 5.58 Å². The van der Waals surface area contributed by atoms with E-state index in [1.54, 1.807) is 0 Å². The second-order valence-corrected chi connectivity index (χ2v) is 8.58. The van der Waals surface area contributed by atoms with Crippen LogP contribution in [0.5, 0.6) is 0 Å². The molecule has 1 fully saturated rings. The van der Waals surface area contributed by atoms with Crippen molar-refractivity contribution < 1.29 is 9.21 Å². The molecule has 1 unspecified atom stereocenters. The van der Waals surface area contributed by atoms with Crippen LogP contribution in [0.2, 0.25) is 0 Å². The van der Waals surface area contributed by atoms with Crippen LogP contribution in [-0.4, -0.2) is 23.7 Å². The minimum atomic E-state index is 0.169. The fourth-order valence-electron chi connectivity index (χ4n) is 3.46. The Balaban J connectivity index is 1.38. The van der Waals surface area contributed by atoms with E-state index < -0.39 is 0 Å². The molecule has 142 valence electrons. The lowest BCUT2D eigenvalue weighted by Crippen LogP contribution is -2.37. The predicted octanol–water partition coefficient (Wildman–Crippen LogP) is 4.69. The van der Waals surface area contributed by atoms with Crippen LogP contribution < -0.4 is 10.0 Å². The lowest BCUT2D eigenvalue weighted by Gasteiger charge is -2.28. The maximum absolute atomic E-state index is 12.4. The minimum Gasteiger partial charge on any atom is -0.464 e. The van der Waals surface area contributed by atoms with Gasteiger partial charge in [-0.15, -0.1) is 0 Å². The second-order valence-electron chi connectivity index (χ2n) is 7.30. The van der Waals surface area contributed by atoms with Gasteiger partial charge in [-0.3, -0.25) is 9.52 Å². The molecular formula is C21H30N2O2S. The molecule has 1 aromatic heterocycles. The van der Waals surface area contributed by atoms with Crippen LogP contribution in [0.15, 0.2) is 34.9 Å². The summed E-state index contributed by atoms with van der Waals surface area (Å²) in [5.74, 6) is 0.383. The first-order valence-electron chi connectivity index (χ1n) is 9.81. The highest BCUT2D eigenvalue weighted by molar-refractivity contribution is 7.98. The highest BCUT2D eigenvalue weighted by atomic mass is 32.2. The van der Waals surface area contributed by atoms with E-state index in [2.05, 4.69) is 30.0 Å². The van der Waals surface area contributed by atoms with E-state index in [1.165, 1.54) is 6.42 Å². The summed E-state index contributed by atoms with van der Waals surface area (Å²) in [6.07, 6.45) is 7.95. The van der Waals surface area contributed by atoms with Crippen molar-refractivity contribution in [3.63, 3.8) is 0 Å². The molecule has 4 nitrogen and oxygen atoms in total. The van der Waals surface area contributed by atoms with Crippen molar-refractivity contribution >= 4 is 28.8 Å². The zero-order chi connectivity index (χ0) is 18.4. The molecule has 1 saturated carbocycles. The summed E-state index contributed by atoms with van der Waals surface area (Å²) < 4.78 is 9.15. The summed E-state index contributed by atoms with van der Waals surface area (Å²) >= 11 is 1.85. The third-order valence-corrected chi connectivity index (χ3v) is 6.57. The highest BCUT2D eigenvalue weighted by Crippen LogP contribution is 2.26. The van der Waals surface area contributed by atoms with Gasteiger partial charge in [-0.25, -0.2) is 0 Å². The lowest BCUT2D eigenvalue weighted by molar-refractivity contribution is -0.125. The number of benzene rings is 1. The van der Waals surface area contributed by atoms with Crippen LogP contribution in [0.4, 0.5) is 0 Å². The van der Waals surface area contributed by atoms with E-state index in [0.29, 0.717) is 17.8 Å². The van der Waals surface area contributed by atoms with E-state index in [1.807, 2.05) is 36.4 Å². The molecule has 1 aliphatic rings. The Morgan fingerprint density at radius 1 is 1.27 bits per heavy atom. The number of carbonyl (C=O) groups is 1. The molecule has 0 saturated heterocycles. The Kier molecular flexibility index (Phi) is 7.03. The Morgan fingerprint density at radius 2 is 2.04 bits per heavy atom. The van der Waals surface area contributed by atoms with E-state index in [0.717, 1.165) is 48.6 Å². The van der Waals surface area contributed by atoms with Crippen LogP contribution in [0.1, 0.15) is 51.5 Å². The Labute approximate surface area is 160 Å². The Hall–Kier alpha value is -1.46. The maximum Gasteiger partial charge on any atom is 0.223 e. The number of furan rings is 1. The van der Waals surface area contributed by atoms with Gasteiger partial charge in [0.2, 0.25) is 5.91 Å². The van der Waals surface area contributed by atoms with Gasteiger partial charge in [-0.2, -0.15) is 0 Å². The Bertz CT molecular complexity index is 707. The monoisotopic (exact) mass is 374 g/mol. The van der Waals surface area contributed by atoms with Gasteiger partial charge >= 0.3 is 0 Å². The number of hydrogen-bond donors (Lipinski definition) is 2. The summed E-state index contributed by atoms with van der Waals surface area (Å²) in [7, 11) is 0. The molecule has 1 atom stereocenters. The molecule has 2 N–H and O–H groups in total. The van der Waals surface area contributed by atoms with Gasteiger partial charge in [0, 0.05) is 29.1 Å². The fraction of sp³-hybridized carbons (Fsp3) is 0.571. The molecule has 0 aliphatic heterocycles. The zero-order valence-corrected chi connectivity index (χ0v) is 16.6. The summed E-state index contributed by atoms with van der Waals surface area (Å²) in [6, 6.07) is 8.59. The normalized spacial score (nSPS) is 21.6. The third kappa shape index (κ3) is 5.04. The number of para-hydroxylation sites is 1. The number of hydrogen-bond acceptors (Lipinski definition) is 4. The number of fused-ring (bicyclic) bond motifs is 1. The molecule has 1 amide bonds. The van der Waals surface area contributed by atoms with Gasteiger partial charge < -0.3 is 9.73 Å². The van der Waals surface area contributed by atoms with Gasteiger partial charge in [-0.1, -0.05) is 44.0 Å². The minimum absolute atomic E-state index is 0.169. The smallest absolute Gasteiger partial charge is 0.223 e. The third-order valence-electron chi connectivity index (χ3n) is 5.36. The first-order valence-corrected chi connectivity index (χ1v) is 10.7. The van der Waals surface area contributed by atoms with Crippen molar-refractivity contribution in [3.8, 4) is 0 Å². The second kappa shape index (κ2) is 9.47. The van der Waals surface area contributed by atoms with Gasteiger partial charge in [0.15, 0.2) is 0 Å². The number of amides is 1. The quantitative estimate of drug-likeness (QED) is 0.658. The van der Waals surface area contributed by atoms with Crippen LogP contribution in [-0.2, 0) is 11.2 Å². The SMILES string of the molecule is CCC(C)SNC1CCC(C(=O)NCCc2coc3ccccc23)CC1. The van der Waals surface area contributed by atoms with Crippen LogP contribution in [0.25, 0.3) is 11.0 Å². The van der Waals surface area contributed by atoms with Crippen molar-refractivity contribution in [3.05, 3.63) is 36.1 Å². The first kappa shape index (κ1) is 19.3. The van der Waals surface area contributed by atoms with Gasteiger partial charge in [0.25, 0.3) is 0 Å². The molecule has 1 aromatic carbocycles. The zero-order valence-electron chi connectivity index (χ0n) is 15.8. The average molecular weight is 375 g/mol. The summed E-state index contributed by atoms with van der Waals surface area (Å²) in [4.78, 5) is 12.4. The van der Waals surface area contributed by atoms with Crippen LogP contribution in [0, 0.1) is 5.92 Å². The molecule has 0 radical (unpaired) electrons. The predicted molar refractivity (Wildman–Crippen MR) is 109 cm³/mol. The van der Waals surface area contributed by atoms with E-state index >= 15 is 0 Å². The number of rotatable bonds is 8. The van der Waals surface area contributed by atoms with Crippen LogP contribution in [0.3, 0.4) is 0 Å². The van der Waals surface area contributed by atoms with Crippen molar-refractivity contribution in [1.82, 2.24) is 10.0 Å². The van der Waals surface area contributed by atoms with Crippen molar-refractivity contribution in [2.24, 2.45) is 5.92 Å². The molecule has 1 aliphatic carbocycles. The number of nitrogens with one attached hydrogen (secondary N) is 2. The molecule has 26 heavy (non-hydrogen) atoms. The summed E-state index contributed by atoms with van der Waals surface area (Å²) in [5.41, 5.74) is 2.07. The average Bonchev–Trinajstić information content (AvgIpc) is 3.09. The summed E-state index contributed by atoms with van der Waals surface area (Å²) in [6.45, 7) is 5.14. The van der Waals surface area contributed by atoms with Crippen molar-refractivity contribution in [2.75, 3.05) is 6.54 Å². The Morgan fingerprint density at radius 3 is 2.81 bits per heavy atom. The highest BCUT2D eigenvalue weighted by Gasteiger charge is 2.26. The maximum atomic E-state index is 12.4. The van der Waals surface area contributed by atoms with Crippen molar-refractivity contribution in [2.45, 2.75) is 63.7 Å². The first-order chi connectivity index (χ1) is 12.7. The van der Waals surface area contributed by atoms with Gasteiger partial charge in [-0.05, 0) is 50.2 Å². The van der Waals surface area contributed by atoms with Gasteiger partial charge in [0.05, 0.1) is 6.26 Å². The molecule has 5 heteroatoms. The topological polar surface area (TPSA) is 54.3 Å². The molecule has 2 aromatic rings. The number of carbonyl (C=O) groups excluding carboxylic acids is 1. The van der Waals surface area contributed by atoms with E-state index in [9.17, 15) is 4.79 Å². The largest absolute Gasteiger partial charge is 0.464 e.